The van der Waals surface area contributed by atoms with Crippen molar-refractivity contribution in [1.82, 2.24) is 4.90 Å². The van der Waals surface area contributed by atoms with E-state index in [1.807, 2.05) is 0 Å². The molecule has 9 heteroatoms. The molecule has 1 heterocycles. The first-order chi connectivity index (χ1) is 8.27. The number of alkyl halides is 3. The molecule has 18 heavy (non-hydrogen) atoms. The smallest absolute Gasteiger partial charge is 0.498 e. The molecule has 1 aliphatic heterocycles. The van der Waals surface area contributed by atoms with Crippen molar-refractivity contribution in [3.05, 3.63) is 0 Å². The van der Waals surface area contributed by atoms with Gasteiger partial charge in [0.05, 0.1) is 19.0 Å². The van der Waals surface area contributed by atoms with Crippen LogP contribution in [0, 0.1) is 5.92 Å². The van der Waals surface area contributed by atoms with E-state index < -0.39 is 37.0 Å². The third kappa shape index (κ3) is 2.95. The molecule has 0 unspecified atom stereocenters. The summed E-state index contributed by atoms with van der Waals surface area (Å²) in [5.41, 5.74) is 0. The fraction of sp³-hybridized carbons (Fsp3) is 0.778. The quantitative estimate of drug-likeness (QED) is 0.644. The monoisotopic (exact) mass is 265 g/mol. The van der Waals surface area contributed by atoms with Crippen LogP contribution in [-0.4, -0.2) is 50.3 Å². The predicted octanol–water partition coefficient (Wildman–Crippen LogP) is 0.459. The summed E-state index contributed by atoms with van der Waals surface area (Å²) < 4.78 is 46.7. The molecular formula is C9H11BF3NO4. The zero-order valence-corrected chi connectivity index (χ0v) is 9.57. The summed E-state index contributed by atoms with van der Waals surface area (Å²) in [6, 6.07) is 0. The fourth-order valence-electron chi connectivity index (χ4n) is 1.92. The van der Waals surface area contributed by atoms with Crippen LogP contribution in [0.4, 0.5) is 13.2 Å². The molecule has 0 aromatic heterocycles. The first-order valence-corrected chi connectivity index (χ1v) is 5.41. The summed E-state index contributed by atoms with van der Waals surface area (Å²) in [6.45, 7) is -0.288. The Morgan fingerprint density at radius 1 is 1.22 bits per heavy atom. The van der Waals surface area contributed by atoms with Crippen molar-refractivity contribution >= 4 is 19.1 Å². The summed E-state index contributed by atoms with van der Waals surface area (Å²) in [5, 5.41) is 0. The van der Waals surface area contributed by atoms with Crippen LogP contribution in [-0.2, 0) is 18.9 Å². The van der Waals surface area contributed by atoms with Gasteiger partial charge in [-0.15, -0.1) is 0 Å². The highest BCUT2D eigenvalue weighted by Crippen LogP contribution is 2.56. The van der Waals surface area contributed by atoms with Gasteiger partial charge in [-0.2, -0.15) is 13.2 Å². The first-order valence-electron chi connectivity index (χ1n) is 5.41. The lowest BCUT2D eigenvalue weighted by Crippen LogP contribution is -2.43. The van der Waals surface area contributed by atoms with E-state index in [1.165, 1.54) is 11.9 Å². The maximum atomic E-state index is 12.4. The summed E-state index contributed by atoms with van der Waals surface area (Å²) in [7, 11) is 0.101. The maximum absolute atomic E-state index is 12.4. The molecule has 1 saturated heterocycles. The van der Waals surface area contributed by atoms with Crippen LogP contribution in [0.15, 0.2) is 0 Å². The Balaban J connectivity index is 2.00. The zero-order valence-electron chi connectivity index (χ0n) is 9.57. The van der Waals surface area contributed by atoms with Crippen LogP contribution in [0.1, 0.15) is 6.42 Å². The molecule has 0 N–H and O–H groups in total. The first kappa shape index (κ1) is 13.2. The van der Waals surface area contributed by atoms with Gasteiger partial charge >= 0.3 is 25.2 Å². The van der Waals surface area contributed by atoms with Crippen LogP contribution >= 0.6 is 0 Å². The van der Waals surface area contributed by atoms with Crippen molar-refractivity contribution in [3.8, 4) is 0 Å². The van der Waals surface area contributed by atoms with Gasteiger partial charge in [0, 0.05) is 5.82 Å². The topological polar surface area (TPSA) is 55.8 Å². The Kier molecular flexibility index (Phi) is 3.26. The Hall–Kier alpha value is -1.25. The number of nitrogens with zero attached hydrogens (tertiary/aromatic N) is 1. The lowest BCUT2D eigenvalue weighted by molar-refractivity contribution is -0.152. The van der Waals surface area contributed by atoms with Crippen molar-refractivity contribution in [2.45, 2.75) is 18.4 Å². The van der Waals surface area contributed by atoms with Gasteiger partial charge in [-0.25, -0.2) is 0 Å². The number of hydrogen-bond acceptors (Lipinski definition) is 5. The van der Waals surface area contributed by atoms with E-state index in [4.69, 9.17) is 9.31 Å². The molecule has 1 saturated carbocycles. The molecule has 5 nitrogen and oxygen atoms in total. The lowest BCUT2D eigenvalue weighted by Gasteiger charge is -2.22. The molecule has 0 spiro atoms. The predicted molar refractivity (Wildman–Crippen MR) is 53.3 cm³/mol. The fourth-order valence-corrected chi connectivity index (χ4v) is 1.92. The molecule has 0 aromatic carbocycles. The highest BCUT2D eigenvalue weighted by atomic mass is 19.4. The molecule has 2 fully saturated rings. The Labute approximate surface area is 101 Å². The van der Waals surface area contributed by atoms with E-state index in [0.717, 1.165) is 0 Å². The largest absolute Gasteiger partial charge is 0.602 e. The summed E-state index contributed by atoms with van der Waals surface area (Å²) in [5.74, 6) is -3.91. The molecule has 2 rings (SSSR count). The molecule has 2 aliphatic rings. The Morgan fingerprint density at radius 3 is 2.11 bits per heavy atom. The summed E-state index contributed by atoms with van der Waals surface area (Å²) in [6.07, 6.45) is -4.52. The number of likely N-dealkylation sites (N-methyl/N-ethyl adjacent to an activating group) is 1. The number of rotatable bonds is 1. The van der Waals surface area contributed by atoms with E-state index in [9.17, 15) is 22.8 Å². The van der Waals surface area contributed by atoms with Crippen molar-refractivity contribution in [3.63, 3.8) is 0 Å². The van der Waals surface area contributed by atoms with Gasteiger partial charge in [0.2, 0.25) is 0 Å². The molecule has 0 radical (unpaired) electrons. The Morgan fingerprint density at radius 2 is 1.72 bits per heavy atom. The molecule has 0 amide bonds. The minimum Gasteiger partial charge on any atom is -0.498 e. The second-order valence-electron chi connectivity index (χ2n) is 4.57. The van der Waals surface area contributed by atoms with Gasteiger partial charge in [-0.05, 0) is 13.5 Å². The van der Waals surface area contributed by atoms with Gasteiger partial charge in [0.15, 0.2) is 0 Å². The normalized spacial score (nSPS) is 30.3. The third-order valence-corrected chi connectivity index (χ3v) is 2.90. The van der Waals surface area contributed by atoms with E-state index in [-0.39, 0.29) is 19.5 Å². The molecule has 0 aromatic rings. The van der Waals surface area contributed by atoms with Crippen molar-refractivity contribution < 1.29 is 32.1 Å². The van der Waals surface area contributed by atoms with Crippen molar-refractivity contribution in [2.75, 3.05) is 20.1 Å². The SMILES string of the molecule is CN1CC(=O)OB([C@H]2C[C@H]2C(F)(F)F)OC(=O)C1. The minimum atomic E-state index is -4.34. The van der Waals surface area contributed by atoms with Gasteiger partial charge in [0.1, 0.15) is 0 Å². The van der Waals surface area contributed by atoms with Crippen LogP contribution in [0.5, 0.6) is 0 Å². The Bertz CT molecular complexity index is 355. The van der Waals surface area contributed by atoms with Gasteiger partial charge < -0.3 is 9.31 Å². The number of hydrogen-bond donors (Lipinski definition) is 0. The second-order valence-corrected chi connectivity index (χ2v) is 4.57. The summed E-state index contributed by atoms with van der Waals surface area (Å²) in [4.78, 5) is 24.0. The van der Waals surface area contributed by atoms with Crippen LogP contribution < -0.4 is 0 Å². The van der Waals surface area contributed by atoms with E-state index in [2.05, 4.69) is 0 Å². The van der Waals surface area contributed by atoms with Crippen LogP contribution in [0.25, 0.3) is 0 Å². The van der Waals surface area contributed by atoms with Crippen molar-refractivity contribution in [2.24, 2.45) is 5.92 Å². The van der Waals surface area contributed by atoms with Crippen LogP contribution in [0.2, 0.25) is 5.82 Å². The lowest BCUT2D eigenvalue weighted by atomic mass is 9.80. The number of halogens is 3. The summed E-state index contributed by atoms with van der Waals surface area (Å²) >= 11 is 0. The van der Waals surface area contributed by atoms with E-state index >= 15 is 0 Å². The molecule has 1 aliphatic carbocycles. The van der Waals surface area contributed by atoms with E-state index in [0.29, 0.717) is 0 Å². The van der Waals surface area contributed by atoms with Gasteiger partial charge in [-0.1, -0.05) is 0 Å². The molecule has 0 bridgehead atoms. The average molecular weight is 265 g/mol. The highest BCUT2D eigenvalue weighted by molar-refractivity contribution is 6.52. The standard InChI is InChI=1S/C9H11BF3NO4/c1-14-3-7(15)17-10(18-8(16)4-14)6-2-5(6)9(11,12)13/h5-6H,2-4H2,1H3/t5-,6+/m1/s1. The molecule has 100 valence electrons. The minimum absolute atomic E-state index is 0.144. The maximum Gasteiger partial charge on any atom is 0.602 e. The highest BCUT2D eigenvalue weighted by Gasteiger charge is 2.64. The van der Waals surface area contributed by atoms with E-state index in [1.54, 1.807) is 0 Å². The van der Waals surface area contributed by atoms with Crippen LogP contribution in [0.3, 0.4) is 0 Å². The third-order valence-electron chi connectivity index (χ3n) is 2.90. The van der Waals surface area contributed by atoms with Gasteiger partial charge in [-0.3, -0.25) is 14.5 Å². The number of carbonyl (C=O) groups is 2. The van der Waals surface area contributed by atoms with Gasteiger partial charge in [0.25, 0.3) is 0 Å². The molecule has 2 atom stereocenters. The zero-order chi connectivity index (χ0) is 13.5. The second kappa shape index (κ2) is 4.45. The average Bonchev–Trinajstić information content (AvgIpc) is 2.91. The number of carbonyl (C=O) groups excluding carboxylic acids is 2. The molecular weight excluding hydrogens is 254 g/mol. The van der Waals surface area contributed by atoms with Crippen molar-refractivity contribution in [1.29, 1.82) is 0 Å².